The van der Waals surface area contributed by atoms with Gasteiger partial charge >= 0.3 is 0 Å². The number of aromatic nitrogens is 4. The smallest absolute Gasteiger partial charge is 0.230 e. The molecule has 0 bridgehead atoms. The lowest BCUT2D eigenvalue weighted by Gasteiger charge is -2.34. The number of aromatic amines is 1. The van der Waals surface area contributed by atoms with E-state index in [1.807, 2.05) is 24.3 Å². The Balaban J connectivity index is 1.41. The van der Waals surface area contributed by atoms with Crippen LogP contribution < -0.4 is 5.32 Å². The van der Waals surface area contributed by atoms with Gasteiger partial charge in [-0.25, -0.2) is 4.98 Å². The van der Waals surface area contributed by atoms with Gasteiger partial charge in [0, 0.05) is 16.9 Å². The fraction of sp³-hybridized carbons (Fsp3) is 0.474. The minimum atomic E-state index is 0.0429. The van der Waals surface area contributed by atoms with Crippen molar-refractivity contribution < 1.29 is 4.79 Å². The molecule has 26 heavy (non-hydrogen) atoms. The van der Waals surface area contributed by atoms with Gasteiger partial charge in [-0.15, -0.1) is 10.2 Å². The average molecular weight is 369 g/mol. The molecule has 1 aromatic carbocycles. The maximum atomic E-state index is 12.3. The van der Waals surface area contributed by atoms with Crippen LogP contribution in [0.2, 0.25) is 0 Å². The number of carbonyl (C=O) groups is 1. The highest BCUT2D eigenvalue weighted by Gasteiger charge is 2.28. The van der Waals surface area contributed by atoms with Gasteiger partial charge in [0.1, 0.15) is 5.52 Å². The molecule has 136 valence electrons. The Hall–Kier alpha value is -2.15. The molecule has 1 fully saturated rings. The van der Waals surface area contributed by atoms with E-state index < -0.39 is 0 Å². The molecular formula is C19H23N5OS. The maximum Gasteiger partial charge on any atom is 0.230 e. The minimum absolute atomic E-state index is 0.0429. The van der Waals surface area contributed by atoms with Crippen molar-refractivity contribution in [3.8, 4) is 0 Å². The standard InChI is InChI=1S/C19H23N5OS/c1-11-6-5-9-14(12(11)2)20-16(25)10-26-19-22-18-17(23-24-19)13-7-3-4-8-15(13)21-18/h3-4,7-8,11-12,14H,5-6,9-10H2,1-2H3,(H,20,25)(H,21,22,24)/t11-,12+,14+/m0/s1. The molecule has 3 aromatic rings. The van der Waals surface area contributed by atoms with Crippen LogP contribution in [0.5, 0.6) is 0 Å². The summed E-state index contributed by atoms with van der Waals surface area (Å²) in [4.78, 5) is 20.1. The van der Waals surface area contributed by atoms with Gasteiger partial charge in [-0.2, -0.15) is 0 Å². The summed E-state index contributed by atoms with van der Waals surface area (Å²) in [7, 11) is 0. The summed E-state index contributed by atoms with van der Waals surface area (Å²) >= 11 is 1.33. The van der Waals surface area contributed by atoms with Gasteiger partial charge in [0.05, 0.1) is 5.75 Å². The number of benzene rings is 1. The number of thioether (sulfide) groups is 1. The average Bonchev–Trinajstić information content (AvgIpc) is 3.01. The summed E-state index contributed by atoms with van der Waals surface area (Å²) < 4.78 is 0. The van der Waals surface area contributed by atoms with E-state index in [-0.39, 0.29) is 11.9 Å². The predicted octanol–water partition coefficient (Wildman–Crippen LogP) is 3.54. The van der Waals surface area contributed by atoms with Gasteiger partial charge in [0.15, 0.2) is 5.65 Å². The Morgan fingerprint density at radius 2 is 2.12 bits per heavy atom. The first-order chi connectivity index (χ1) is 12.6. The first kappa shape index (κ1) is 17.3. The van der Waals surface area contributed by atoms with Crippen molar-refractivity contribution in [2.75, 3.05) is 5.75 Å². The maximum absolute atomic E-state index is 12.3. The molecule has 6 nitrogen and oxygen atoms in total. The molecular weight excluding hydrogens is 346 g/mol. The number of nitrogens with one attached hydrogen (secondary N) is 2. The third-order valence-corrected chi connectivity index (χ3v) is 6.33. The number of H-pyrrole nitrogens is 1. The number of rotatable bonds is 4. The van der Waals surface area contributed by atoms with Crippen molar-refractivity contribution in [2.24, 2.45) is 11.8 Å². The molecule has 1 aliphatic rings. The van der Waals surface area contributed by atoms with Crippen LogP contribution in [0.4, 0.5) is 0 Å². The molecule has 0 spiro atoms. The Morgan fingerprint density at radius 1 is 1.27 bits per heavy atom. The van der Waals surface area contributed by atoms with Gasteiger partial charge in [-0.1, -0.05) is 56.7 Å². The highest BCUT2D eigenvalue weighted by molar-refractivity contribution is 7.99. The second kappa shape index (κ2) is 7.23. The number of hydrogen-bond acceptors (Lipinski definition) is 5. The van der Waals surface area contributed by atoms with E-state index in [9.17, 15) is 4.79 Å². The minimum Gasteiger partial charge on any atom is -0.352 e. The van der Waals surface area contributed by atoms with E-state index in [0.29, 0.717) is 28.4 Å². The van der Waals surface area contributed by atoms with Crippen molar-refractivity contribution in [3.05, 3.63) is 24.3 Å². The predicted molar refractivity (Wildman–Crippen MR) is 104 cm³/mol. The summed E-state index contributed by atoms with van der Waals surface area (Å²) in [5.74, 6) is 1.55. The topological polar surface area (TPSA) is 83.6 Å². The molecule has 2 N–H and O–H groups in total. The largest absolute Gasteiger partial charge is 0.352 e. The molecule has 2 aromatic heterocycles. The van der Waals surface area contributed by atoms with Gasteiger partial charge in [-0.05, 0) is 24.3 Å². The van der Waals surface area contributed by atoms with Crippen molar-refractivity contribution >= 4 is 39.7 Å². The molecule has 3 atom stereocenters. The molecule has 1 aliphatic carbocycles. The molecule has 0 radical (unpaired) electrons. The van der Waals surface area contributed by atoms with E-state index in [0.717, 1.165) is 22.8 Å². The summed E-state index contributed by atoms with van der Waals surface area (Å²) in [6.45, 7) is 4.51. The lowest BCUT2D eigenvalue weighted by Crippen LogP contribution is -2.44. The van der Waals surface area contributed by atoms with Crippen LogP contribution in [0.3, 0.4) is 0 Å². The first-order valence-corrected chi connectivity index (χ1v) is 10.1. The number of hydrogen-bond donors (Lipinski definition) is 2. The van der Waals surface area contributed by atoms with Crippen molar-refractivity contribution in [1.82, 2.24) is 25.5 Å². The fourth-order valence-corrected chi connectivity index (χ4v) is 4.33. The van der Waals surface area contributed by atoms with E-state index in [1.54, 1.807) is 0 Å². The molecule has 2 heterocycles. The Labute approximate surface area is 156 Å². The lowest BCUT2D eigenvalue weighted by atomic mass is 9.78. The number of fused-ring (bicyclic) bond motifs is 3. The van der Waals surface area contributed by atoms with Crippen molar-refractivity contribution in [3.63, 3.8) is 0 Å². The van der Waals surface area contributed by atoms with Crippen LogP contribution in [0.25, 0.3) is 22.1 Å². The van der Waals surface area contributed by atoms with Crippen LogP contribution in [0.15, 0.2) is 29.4 Å². The Morgan fingerprint density at radius 3 is 3.00 bits per heavy atom. The quantitative estimate of drug-likeness (QED) is 0.687. The zero-order valence-corrected chi connectivity index (χ0v) is 15.8. The summed E-state index contributed by atoms with van der Waals surface area (Å²) in [6.07, 6.45) is 3.51. The SMILES string of the molecule is C[C@@H]1[C@@H](C)CCC[C@H]1NC(=O)CSc1nnc2c(n1)[nH]c1ccccc12. The molecule has 0 saturated heterocycles. The van der Waals surface area contributed by atoms with Crippen LogP contribution in [0.1, 0.15) is 33.1 Å². The second-order valence-corrected chi connectivity index (χ2v) is 8.13. The Kier molecular flexibility index (Phi) is 4.80. The first-order valence-electron chi connectivity index (χ1n) is 9.15. The number of amides is 1. The van der Waals surface area contributed by atoms with Crippen LogP contribution in [-0.4, -0.2) is 37.9 Å². The van der Waals surface area contributed by atoms with Gasteiger partial charge in [-0.3, -0.25) is 4.79 Å². The molecule has 1 saturated carbocycles. The van der Waals surface area contributed by atoms with Crippen molar-refractivity contribution in [2.45, 2.75) is 44.3 Å². The van der Waals surface area contributed by atoms with Crippen LogP contribution in [0, 0.1) is 11.8 Å². The normalized spacial score (nSPS) is 23.4. The third kappa shape index (κ3) is 3.40. The summed E-state index contributed by atoms with van der Waals surface area (Å²) in [5.41, 5.74) is 2.46. The fourth-order valence-electron chi connectivity index (χ4n) is 3.73. The number of para-hydroxylation sites is 1. The molecule has 4 rings (SSSR count). The van der Waals surface area contributed by atoms with E-state index in [4.69, 9.17) is 0 Å². The van der Waals surface area contributed by atoms with Crippen molar-refractivity contribution in [1.29, 1.82) is 0 Å². The molecule has 7 heteroatoms. The second-order valence-electron chi connectivity index (χ2n) is 7.19. The van der Waals surface area contributed by atoms with Crippen LogP contribution >= 0.6 is 11.8 Å². The zero-order chi connectivity index (χ0) is 18.1. The van der Waals surface area contributed by atoms with E-state index in [1.165, 1.54) is 24.6 Å². The van der Waals surface area contributed by atoms with Gasteiger partial charge < -0.3 is 10.3 Å². The zero-order valence-electron chi connectivity index (χ0n) is 15.0. The van der Waals surface area contributed by atoms with Crippen LogP contribution in [-0.2, 0) is 4.79 Å². The number of nitrogens with zero attached hydrogens (tertiary/aromatic N) is 3. The molecule has 0 aliphatic heterocycles. The lowest BCUT2D eigenvalue weighted by molar-refractivity contribution is -0.120. The Bertz CT molecular complexity index is 940. The summed E-state index contributed by atoms with van der Waals surface area (Å²) in [5, 5.41) is 13.2. The summed E-state index contributed by atoms with van der Waals surface area (Å²) in [6, 6.07) is 8.21. The van der Waals surface area contributed by atoms with E-state index >= 15 is 0 Å². The van der Waals surface area contributed by atoms with E-state index in [2.05, 4.69) is 39.3 Å². The third-order valence-electron chi connectivity index (χ3n) is 5.49. The molecule has 1 amide bonds. The van der Waals surface area contributed by atoms with Gasteiger partial charge in [0.2, 0.25) is 11.1 Å². The van der Waals surface area contributed by atoms with Gasteiger partial charge in [0.25, 0.3) is 0 Å². The molecule has 0 unspecified atom stereocenters. The number of carbonyl (C=O) groups excluding carboxylic acids is 1. The monoisotopic (exact) mass is 369 g/mol. The highest BCUT2D eigenvalue weighted by atomic mass is 32.2. The highest BCUT2D eigenvalue weighted by Crippen LogP contribution is 2.29.